The molecule has 0 radical (unpaired) electrons. The number of halogens is 1. The van der Waals surface area contributed by atoms with E-state index in [4.69, 9.17) is 11.6 Å². The minimum absolute atomic E-state index is 0.00187. The van der Waals surface area contributed by atoms with Crippen LogP contribution in [0, 0.1) is 0 Å². The van der Waals surface area contributed by atoms with Crippen molar-refractivity contribution >= 4 is 55.9 Å². The van der Waals surface area contributed by atoms with Crippen molar-refractivity contribution in [3.63, 3.8) is 0 Å². The maximum atomic E-state index is 12.5. The van der Waals surface area contributed by atoms with Crippen LogP contribution in [0.3, 0.4) is 0 Å². The van der Waals surface area contributed by atoms with Gasteiger partial charge in [-0.2, -0.15) is 0 Å². The molecule has 0 atom stereocenters. The van der Waals surface area contributed by atoms with Gasteiger partial charge in [-0.25, -0.2) is 8.42 Å². The standard InChI is InChI=1S/C21H20ClN3O3S/c1-2-25-16(13-14-12-15(22)6-8-20(14)25)7-9-21(26)23-18-4-3-5-19-17(18)10-11-29(27,28)24-19/h3-9,12-13,24H,2,10-11H2,1H3,(H,23,26)/b9-7+. The minimum atomic E-state index is -3.30. The zero-order valence-corrected chi connectivity index (χ0v) is 17.3. The highest BCUT2D eigenvalue weighted by Crippen LogP contribution is 2.30. The second-order valence-corrected chi connectivity index (χ2v) is 9.12. The van der Waals surface area contributed by atoms with E-state index < -0.39 is 10.0 Å². The predicted molar refractivity (Wildman–Crippen MR) is 118 cm³/mol. The lowest BCUT2D eigenvalue weighted by molar-refractivity contribution is -0.111. The highest BCUT2D eigenvalue weighted by atomic mass is 35.5. The number of sulfonamides is 1. The van der Waals surface area contributed by atoms with Crippen LogP contribution < -0.4 is 10.0 Å². The van der Waals surface area contributed by atoms with Crippen LogP contribution in [-0.4, -0.2) is 24.6 Å². The molecule has 0 fully saturated rings. The van der Waals surface area contributed by atoms with Crippen molar-refractivity contribution in [1.29, 1.82) is 0 Å². The summed E-state index contributed by atoms with van der Waals surface area (Å²) in [6.07, 6.45) is 3.61. The largest absolute Gasteiger partial charge is 0.341 e. The van der Waals surface area contributed by atoms with Gasteiger partial charge in [0.25, 0.3) is 0 Å². The Labute approximate surface area is 174 Å². The fraction of sp³-hybridized carbons (Fsp3) is 0.190. The second kappa shape index (κ2) is 7.57. The number of hydrogen-bond acceptors (Lipinski definition) is 3. The molecule has 29 heavy (non-hydrogen) atoms. The Bertz CT molecular complexity index is 1250. The lowest BCUT2D eigenvalue weighted by Gasteiger charge is -2.21. The van der Waals surface area contributed by atoms with E-state index in [2.05, 4.69) is 14.6 Å². The number of hydrogen-bond donors (Lipinski definition) is 2. The van der Waals surface area contributed by atoms with Gasteiger partial charge < -0.3 is 9.88 Å². The molecule has 2 heterocycles. The first-order valence-corrected chi connectivity index (χ1v) is 11.3. The SMILES string of the molecule is CCn1c(/C=C/C(=O)Nc2cccc3c2CCS(=O)(=O)N3)cc2cc(Cl)ccc21. The summed E-state index contributed by atoms with van der Waals surface area (Å²) < 4.78 is 28.1. The molecule has 4 rings (SSSR count). The Morgan fingerprint density at radius 2 is 2.10 bits per heavy atom. The van der Waals surface area contributed by atoms with Crippen LogP contribution in [-0.2, 0) is 27.8 Å². The Balaban J connectivity index is 1.57. The highest BCUT2D eigenvalue weighted by Gasteiger charge is 2.22. The van der Waals surface area contributed by atoms with Gasteiger partial charge >= 0.3 is 0 Å². The van der Waals surface area contributed by atoms with E-state index in [9.17, 15) is 13.2 Å². The number of rotatable bonds is 4. The summed E-state index contributed by atoms with van der Waals surface area (Å²) in [6, 6.07) is 12.9. The molecule has 1 aromatic heterocycles. The summed E-state index contributed by atoms with van der Waals surface area (Å²) in [7, 11) is -3.30. The first kappa shape index (κ1) is 19.5. The highest BCUT2D eigenvalue weighted by molar-refractivity contribution is 7.92. The average Bonchev–Trinajstić information content (AvgIpc) is 3.02. The summed E-state index contributed by atoms with van der Waals surface area (Å²) in [4.78, 5) is 12.5. The van der Waals surface area contributed by atoms with E-state index >= 15 is 0 Å². The van der Waals surface area contributed by atoms with Gasteiger partial charge in [0.2, 0.25) is 15.9 Å². The molecule has 0 aliphatic carbocycles. The fourth-order valence-corrected chi connectivity index (χ4v) is 4.90. The van der Waals surface area contributed by atoms with Gasteiger partial charge in [-0.3, -0.25) is 9.52 Å². The van der Waals surface area contributed by atoms with Crippen molar-refractivity contribution in [2.75, 3.05) is 15.8 Å². The topological polar surface area (TPSA) is 80.2 Å². The summed E-state index contributed by atoms with van der Waals surface area (Å²) in [5.74, 6) is -0.278. The molecule has 1 amide bonds. The van der Waals surface area contributed by atoms with Gasteiger partial charge in [-0.15, -0.1) is 0 Å². The lowest BCUT2D eigenvalue weighted by Crippen LogP contribution is -2.25. The number of carbonyl (C=O) groups excluding carboxylic acids is 1. The zero-order valence-electron chi connectivity index (χ0n) is 15.8. The van der Waals surface area contributed by atoms with E-state index in [-0.39, 0.29) is 11.7 Å². The average molecular weight is 430 g/mol. The number of aryl methyl sites for hydroxylation is 1. The Kier molecular flexibility index (Phi) is 5.10. The number of anilines is 2. The fourth-order valence-electron chi connectivity index (χ4n) is 3.61. The monoisotopic (exact) mass is 429 g/mol. The molecule has 3 aromatic rings. The van der Waals surface area contributed by atoms with Gasteiger partial charge in [0, 0.05) is 45.5 Å². The van der Waals surface area contributed by atoms with Crippen molar-refractivity contribution in [2.24, 2.45) is 0 Å². The van der Waals surface area contributed by atoms with Crippen molar-refractivity contribution in [3.8, 4) is 0 Å². The van der Waals surface area contributed by atoms with Crippen molar-refractivity contribution in [3.05, 3.63) is 64.8 Å². The van der Waals surface area contributed by atoms with E-state index in [1.807, 2.05) is 31.2 Å². The number of fused-ring (bicyclic) bond motifs is 2. The second-order valence-electron chi connectivity index (χ2n) is 6.84. The zero-order chi connectivity index (χ0) is 20.6. The molecule has 150 valence electrons. The molecule has 2 N–H and O–H groups in total. The maximum Gasteiger partial charge on any atom is 0.248 e. The van der Waals surface area contributed by atoms with E-state index in [0.717, 1.165) is 28.7 Å². The van der Waals surface area contributed by atoms with Crippen molar-refractivity contribution < 1.29 is 13.2 Å². The molecular weight excluding hydrogens is 410 g/mol. The molecule has 2 aromatic carbocycles. The number of nitrogens with one attached hydrogen (secondary N) is 2. The van der Waals surface area contributed by atoms with Crippen LogP contribution in [0.5, 0.6) is 0 Å². The summed E-state index contributed by atoms with van der Waals surface area (Å²) in [5, 5.41) is 4.54. The lowest BCUT2D eigenvalue weighted by atomic mass is 10.1. The van der Waals surface area contributed by atoms with Gasteiger partial charge in [0.15, 0.2) is 0 Å². The molecule has 8 heteroatoms. The van der Waals surface area contributed by atoms with Crippen LogP contribution in [0.1, 0.15) is 18.2 Å². The van der Waals surface area contributed by atoms with Crippen LogP contribution in [0.4, 0.5) is 11.4 Å². The quantitative estimate of drug-likeness (QED) is 0.608. The molecular formula is C21H20ClN3O3S. The van der Waals surface area contributed by atoms with E-state index in [1.165, 1.54) is 6.08 Å². The van der Waals surface area contributed by atoms with Gasteiger partial charge in [0.05, 0.1) is 11.4 Å². The molecule has 6 nitrogen and oxygen atoms in total. The normalized spacial score (nSPS) is 15.2. The van der Waals surface area contributed by atoms with Crippen molar-refractivity contribution in [1.82, 2.24) is 4.57 Å². The molecule has 0 bridgehead atoms. The molecule has 0 saturated carbocycles. The Morgan fingerprint density at radius 1 is 1.28 bits per heavy atom. The molecule has 1 aliphatic rings. The van der Waals surface area contributed by atoms with Crippen LogP contribution >= 0.6 is 11.6 Å². The minimum Gasteiger partial charge on any atom is -0.341 e. The van der Waals surface area contributed by atoms with Crippen LogP contribution in [0.25, 0.3) is 17.0 Å². The molecule has 0 saturated heterocycles. The van der Waals surface area contributed by atoms with Gasteiger partial charge in [-0.05, 0) is 55.8 Å². The summed E-state index contributed by atoms with van der Waals surface area (Å²) in [6.45, 7) is 2.81. The van der Waals surface area contributed by atoms with Gasteiger partial charge in [0.1, 0.15) is 0 Å². The molecule has 0 unspecified atom stereocenters. The number of amides is 1. The third-order valence-corrected chi connectivity index (χ3v) is 6.44. The molecule has 0 spiro atoms. The Morgan fingerprint density at radius 3 is 2.90 bits per heavy atom. The first-order chi connectivity index (χ1) is 13.9. The number of carbonyl (C=O) groups is 1. The first-order valence-electron chi connectivity index (χ1n) is 9.26. The molecule has 1 aliphatic heterocycles. The van der Waals surface area contributed by atoms with E-state index in [1.54, 1.807) is 24.3 Å². The number of benzene rings is 2. The van der Waals surface area contributed by atoms with E-state index in [0.29, 0.717) is 22.8 Å². The smallest absolute Gasteiger partial charge is 0.248 e. The predicted octanol–water partition coefficient (Wildman–Crippen LogP) is 4.26. The summed E-state index contributed by atoms with van der Waals surface area (Å²) in [5.41, 5.74) is 3.88. The van der Waals surface area contributed by atoms with Gasteiger partial charge in [-0.1, -0.05) is 17.7 Å². The third-order valence-electron chi connectivity index (χ3n) is 4.94. The van der Waals surface area contributed by atoms with Crippen molar-refractivity contribution in [2.45, 2.75) is 19.9 Å². The van der Waals surface area contributed by atoms with Crippen LogP contribution in [0.2, 0.25) is 5.02 Å². The summed E-state index contributed by atoms with van der Waals surface area (Å²) >= 11 is 6.08. The van der Waals surface area contributed by atoms with Crippen LogP contribution in [0.15, 0.2) is 48.5 Å². The maximum absolute atomic E-state index is 12.5. The number of nitrogens with zero attached hydrogens (tertiary/aromatic N) is 1. The number of aromatic nitrogens is 1. The Hall–Kier alpha value is -2.77. The third kappa shape index (κ3) is 4.02.